The fourth-order valence-corrected chi connectivity index (χ4v) is 4.20. The first-order chi connectivity index (χ1) is 12.6. The molecule has 6 nitrogen and oxygen atoms in total. The molecule has 2 aromatic rings. The van der Waals surface area contributed by atoms with Crippen LogP contribution >= 0.6 is 11.3 Å². The van der Waals surface area contributed by atoms with Gasteiger partial charge in [0.1, 0.15) is 5.56 Å². The number of carbonyl (C=O) groups excluding carboxylic acids is 1. The molecule has 1 saturated heterocycles. The van der Waals surface area contributed by atoms with Crippen molar-refractivity contribution in [1.82, 2.24) is 10.2 Å². The number of nitro benzene ring substituents is 1. The van der Waals surface area contributed by atoms with Gasteiger partial charge in [-0.25, -0.2) is 0 Å². The summed E-state index contributed by atoms with van der Waals surface area (Å²) >= 11 is 1.68. The lowest BCUT2D eigenvalue weighted by molar-refractivity contribution is -0.385. The van der Waals surface area contributed by atoms with Crippen molar-refractivity contribution in [3.8, 4) is 0 Å². The van der Waals surface area contributed by atoms with Crippen LogP contribution in [0.3, 0.4) is 0 Å². The summed E-state index contributed by atoms with van der Waals surface area (Å²) in [4.78, 5) is 26.8. The van der Waals surface area contributed by atoms with Crippen LogP contribution in [0.1, 0.15) is 41.0 Å². The largest absolute Gasteiger partial charge is 0.350 e. The molecule has 1 aromatic carbocycles. The number of piperidine rings is 1. The average Bonchev–Trinajstić information content (AvgIpc) is 3.17. The first-order valence-electron chi connectivity index (χ1n) is 8.85. The second kappa shape index (κ2) is 8.42. The smallest absolute Gasteiger partial charge is 0.282 e. The van der Waals surface area contributed by atoms with Gasteiger partial charge in [-0.15, -0.1) is 11.3 Å². The van der Waals surface area contributed by atoms with Gasteiger partial charge in [0.05, 0.1) is 11.0 Å². The summed E-state index contributed by atoms with van der Waals surface area (Å²) in [5, 5.41) is 16.1. The van der Waals surface area contributed by atoms with Gasteiger partial charge in [0.25, 0.3) is 11.6 Å². The number of likely N-dealkylation sites (tertiary alicyclic amines) is 1. The van der Waals surface area contributed by atoms with E-state index in [0.717, 1.165) is 31.8 Å². The van der Waals surface area contributed by atoms with Gasteiger partial charge in [0.2, 0.25) is 0 Å². The zero-order valence-electron chi connectivity index (χ0n) is 14.8. The number of hydrogen-bond acceptors (Lipinski definition) is 5. The summed E-state index contributed by atoms with van der Waals surface area (Å²) in [5.74, 6) is 0.334. The summed E-state index contributed by atoms with van der Waals surface area (Å²) in [7, 11) is 0. The third-order valence-electron chi connectivity index (χ3n) is 4.93. The Kier molecular flexibility index (Phi) is 6.00. The third-order valence-corrected chi connectivity index (χ3v) is 5.91. The number of nitro groups is 1. The molecule has 2 heterocycles. The van der Waals surface area contributed by atoms with Gasteiger partial charge in [-0.1, -0.05) is 25.1 Å². The second-order valence-corrected chi connectivity index (χ2v) is 7.71. The average molecular weight is 373 g/mol. The van der Waals surface area contributed by atoms with Gasteiger partial charge in [-0.3, -0.25) is 19.8 Å². The number of nitrogens with one attached hydrogen (secondary N) is 1. The van der Waals surface area contributed by atoms with E-state index in [4.69, 9.17) is 0 Å². The molecule has 138 valence electrons. The Bertz CT molecular complexity index is 755. The number of carbonyl (C=O) groups is 1. The van der Waals surface area contributed by atoms with Gasteiger partial charge in [0.15, 0.2) is 0 Å². The maximum atomic E-state index is 12.5. The van der Waals surface area contributed by atoms with Crippen LogP contribution in [0.25, 0.3) is 0 Å². The van der Waals surface area contributed by atoms with Crippen molar-refractivity contribution in [1.29, 1.82) is 0 Å². The molecule has 1 N–H and O–H groups in total. The molecular weight excluding hydrogens is 350 g/mol. The number of amides is 1. The minimum Gasteiger partial charge on any atom is -0.350 e. The fourth-order valence-electron chi connectivity index (χ4n) is 3.34. The number of hydrogen-bond donors (Lipinski definition) is 1. The standard InChI is InChI=1S/C19H23N3O3S/c1-14-8-10-21(11-9-14)17(18-7-4-12-26-18)13-20-19(23)15-5-2-3-6-16(15)22(24)25/h2-7,12,14,17H,8-11,13H2,1H3,(H,20,23). The Labute approximate surface area is 157 Å². The minimum absolute atomic E-state index is 0.106. The Morgan fingerprint density at radius 3 is 2.69 bits per heavy atom. The Hall–Kier alpha value is -2.25. The molecule has 1 aromatic heterocycles. The zero-order valence-corrected chi connectivity index (χ0v) is 15.6. The van der Waals surface area contributed by atoms with Crippen LogP contribution in [0.15, 0.2) is 41.8 Å². The first kappa shape index (κ1) is 18.5. The SMILES string of the molecule is CC1CCN(C(CNC(=O)c2ccccc2[N+](=O)[O-])c2cccs2)CC1. The number of thiophene rings is 1. The van der Waals surface area contributed by atoms with E-state index < -0.39 is 10.8 Å². The van der Waals surface area contributed by atoms with Gasteiger partial charge in [-0.05, 0) is 49.4 Å². The predicted molar refractivity (Wildman–Crippen MR) is 102 cm³/mol. The molecule has 1 aliphatic rings. The summed E-state index contributed by atoms with van der Waals surface area (Å²) in [6, 6.07) is 10.3. The zero-order chi connectivity index (χ0) is 18.5. The van der Waals surface area contributed by atoms with Gasteiger partial charge in [0, 0.05) is 17.5 Å². The van der Waals surface area contributed by atoms with Crippen LogP contribution in [0.5, 0.6) is 0 Å². The van der Waals surface area contributed by atoms with Crippen molar-refractivity contribution in [2.45, 2.75) is 25.8 Å². The van der Waals surface area contributed by atoms with E-state index in [2.05, 4.69) is 23.2 Å². The molecule has 7 heteroatoms. The molecule has 0 radical (unpaired) electrons. The van der Waals surface area contributed by atoms with Gasteiger partial charge >= 0.3 is 0 Å². The van der Waals surface area contributed by atoms with E-state index in [-0.39, 0.29) is 17.3 Å². The van der Waals surface area contributed by atoms with E-state index in [1.165, 1.54) is 17.0 Å². The molecule has 0 aliphatic carbocycles. The van der Waals surface area contributed by atoms with Crippen LogP contribution < -0.4 is 5.32 Å². The highest BCUT2D eigenvalue weighted by Gasteiger charge is 2.27. The van der Waals surface area contributed by atoms with Crippen LogP contribution in [0.2, 0.25) is 0 Å². The van der Waals surface area contributed by atoms with Crippen LogP contribution in [-0.4, -0.2) is 35.4 Å². The molecular formula is C19H23N3O3S. The third kappa shape index (κ3) is 4.28. The van der Waals surface area contributed by atoms with E-state index in [1.807, 2.05) is 11.4 Å². The minimum atomic E-state index is -0.516. The number of benzene rings is 1. The van der Waals surface area contributed by atoms with E-state index in [1.54, 1.807) is 23.5 Å². The molecule has 0 bridgehead atoms. The van der Waals surface area contributed by atoms with Crippen molar-refractivity contribution in [2.24, 2.45) is 5.92 Å². The summed E-state index contributed by atoms with van der Waals surface area (Å²) in [6.45, 7) is 4.73. The topological polar surface area (TPSA) is 75.5 Å². The van der Waals surface area contributed by atoms with E-state index in [9.17, 15) is 14.9 Å². The quantitative estimate of drug-likeness (QED) is 0.616. The molecule has 0 spiro atoms. The highest BCUT2D eigenvalue weighted by atomic mass is 32.1. The van der Waals surface area contributed by atoms with E-state index >= 15 is 0 Å². The van der Waals surface area contributed by atoms with Crippen LogP contribution in [-0.2, 0) is 0 Å². The normalized spacial score (nSPS) is 17.0. The summed E-state index contributed by atoms with van der Waals surface area (Å²) < 4.78 is 0. The van der Waals surface area contributed by atoms with Gasteiger partial charge in [-0.2, -0.15) is 0 Å². The Morgan fingerprint density at radius 1 is 1.31 bits per heavy atom. The lowest BCUT2D eigenvalue weighted by atomic mass is 9.97. The molecule has 1 unspecified atom stereocenters. The maximum Gasteiger partial charge on any atom is 0.282 e. The van der Waals surface area contributed by atoms with Crippen molar-refractivity contribution in [2.75, 3.05) is 19.6 Å². The highest BCUT2D eigenvalue weighted by Crippen LogP contribution is 2.29. The molecule has 26 heavy (non-hydrogen) atoms. The summed E-state index contributed by atoms with van der Waals surface area (Å²) in [6.07, 6.45) is 2.31. The lowest BCUT2D eigenvalue weighted by Gasteiger charge is -2.36. The number of para-hydroxylation sites is 1. The molecule has 1 atom stereocenters. The van der Waals surface area contributed by atoms with Gasteiger partial charge < -0.3 is 5.32 Å². The Balaban J connectivity index is 1.72. The van der Waals surface area contributed by atoms with Crippen molar-refractivity contribution in [3.05, 3.63) is 62.3 Å². The molecule has 1 fully saturated rings. The highest BCUT2D eigenvalue weighted by molar-refractivity contribution is 7.10. The molecule has 0 saturated carbocycles. The number of rotatable bonds is 6. The van der Waals surface area contributed by atoms with E-state index in [0.29, 0.717) is 6.54 Å². The maximum absolute atomic E-state index is 12.5. The lowest BCUT2D eigenvalue weighted by Crippen LogP contribution is -2.41. The predicted octanol–water partition coefficient (Wildman–Crippen LogP) is 3.86. The monoisotopic (exact) mass is 373 g/mol. The van der Waals surface area contributed by atoms with Crippen LogP contribution in [0.4, 0.5) is 5.69 Å². The van der Waals surface area contributed by atoms with Crippen molar-refractivity contribution < 1.29 is 9.72 Å². The molecule has 3 rings (SSSR count). The van der Waals surface area contributed by atoms with Crippen molar-refractivity contribution in [3.63, 3.8) is 0 Å². The van der Waals surface area contributed by atoms with Crippen molar-refractivity contribution >= 4 is 22.9 Å². The molecule has 1 amide bonds. The first-order valence-corrected chi connectivity index (χ1v) is 9.73. The second-order valence-electron chi connectivity index (χ2n) is 6.73. The number of nitrogens with zero attached hydrogens (tertiary/aromatic N) is 2. The Morgan fingerprint density at radius 2 is 2.04 bits per heavy atom. The fraction of sp³-hybridized carbons (Fsp3) is 0.421. The van der Waals surface area contributed by atoms with Crippen LogP contribution in [0, 0.1) is 16.0 Å². The summed E-state index contributed by atoms with van der Waals surface area (Å²) in [5.41, 5.74) is -0.0563. The molecule has 1 aliphatic heterocycles.